The largest absolute Gasteiger partial charge is 0.391 e. The average molecular weight is 333 g/mol. The number of benzene rings is 2. The zero-order chi connectivity index (χ0) is 17.4. The number of hydrogen-bond acceptors (Lipinski definition) is 3. The van der Waals surface area contributed by atoms with Crippen LogP contribution in [0.3, 0.4) is 0 Å². The normalized spacial score (nSPS) is 19.2. The second-order valence-corrected chi connectivity index (χ2v) is 6.83. The minimum absolute atomic E-state index is 0.0168. The highest BCUT2D eigenvalue weighted by atomic mass is 16.3. The summed E-state index contributed by atoms with van der Waals surface area (Å²) in [6.07, 6.45) is 2.17. The van der Waals surface area contributed by atoms with Gasteiger partial charge in [0.05, 0.1) is 17.8 Å². The van der Waals surface area contributed by atoms with E-state index in [1.807, 2.05) is 36.1 Å². The van der Waals surface area contributed by atoms with Crippen molar-refractivity contribution in [3.63, 3.8) is 0 Å². The monoisotopic (exact) mass is 333 g/mol. The summed E-state index contributed by atoms with van der Waals surface area (Å²) < 4.78 is 1.90. The Morgan fingerprint density at radius 1 is 1.20 bits per heavy atom. The van der Waals surface area contributed by atoms with Gasteiger partial charge in [0.15, 0.2) is 0 Å². The van der Waals surface area contributed by atoms with Crippen molar-refractivity contribution in [3.05, 3.63) is 77.0 Å². The molecule has 0 bridgehead atoms. The lowest BCUT2D eigenvalue weighted by atomic mass is 10.0. The number of aryl methyl sites for hydroxylation is 2. The minimum atomic E-state index is -0.372. The van der Waals surface area contributed by atoms with E-state index < -0.39 is 0 Å². The number of aliphatic hydroxyl groups excluding tert-OH is 1. The van der Waals surface area contributed by atoms with E-state index in [-0.39, 0.29) is 12.1 Å². The lowest BCUT2D eigenvalue weighted by Crippen LogP contribution is -2.28. The molecule has 0 spiro atoms. The third kappa shape index (κ3) is 2.99. The Morgan fingerprint density at radius 2 is 2.04 bits per heavy atom. The van der Waals surface area contributed by atoms with Crippen LogP contribution >= 0.6 is 0 Å². The standard InChI is InChI=1S/C21H23N3O/c1-14-7-8-16(18(11-14)19-9-10-23-24(19)2)13-22-21-17-6-4-3-5-15(17)12-20(21)25/h3-11,20-22,25H,12-13H2,1-2H3/t20-,21+/m0/s1. The fourth-order valence-corrected chi connectivity index (χ4v) is 3.76. The van der Waals surface area contributed by atoms with E-state index in [1.165, 1.54) is 27.8 Å². The second-order valence-electron chi connectivity index (χ2n) is 6.83. The molecule has 1 heterocycles. The second kappa shape index (κ2) is 6.47. The Bertz CT molecular complexity index is 900. The van der Waals surface area contributed by atoms with Crippen LogP contribution in [0.15, 0.2) is 54.7 Å². The highest BCUT2D eigenvalue weighted by molar-refractivity contribution is 5.65. The molecular formula is C21H23N3O. The van der Waals surface area contributed by atoms with Crippen LogP contribution in [-0.2, 0) is 20.0 Å². The zero-order valence-corrected chi connectivity index (χ0v) is 14.6. The summed E-state index contributed by atoms with van der Waals surface area (Å²) in [4.78, 5) is 0. The molecule has 0 unspecified atom stereocenters. The van der Waals surface area contributed by atoms with Crippen molar-refractivity contribution in [2.45, 2.75) is 32.0 Å². The molecule has 0 aliphatic heterocycles. The summed E-state index contributed by atoms with van der Waals surface area (Å²) in [5, 5.41) is 18.3. The molecule has 0 radical (unpaired) electrons. The van der Waals surface area contributed by atoms with Gasteiger partial charge >= 0.3 is 0 Å². The van der Waals surface area contributed by atoms with Gasteiger partial charge in [-0.3, -0.25) is 4.68 Å². The van der Waals surface area contributed by atoms with Crippen LogP contribution in [0.2, 0.25) is 0 Å². The summed E-state index contributed by atoms with van der Waals surface area (Å²) in [5.74, 6) is 0. The number of aliphatic hydroxyl groups is 1. The van der Waals surface area contributed by atoms with E-state index >= 15 is 0 Å². The van der Waals surface area contributed by atoms with E-state index in [2.05, 4.69) is 47.7 Å². The van der Waals surface area contributed by atoms with Gasteiger partial charge in [0.2, 0.25) is 0 Å². The predicted molar refractivity (Wildman–Crippen MR) is 99.1 cm³/mol. The Hall–Kier alpha value is -2.43. The van der Waals surface area contributed by atoms with Gasteiger partial charge in [-0.15, -0.1) is 0 Å². The number of nitrogens with one attached hydrogen (secondary N) is 1. The molecular weight excluding hydrogens is 310 g/mol. The summed E-state index contributed by atoms with van der Waals surface area (Å²) in [5.41, 5.74) is 7.19. The molecule has 4 heteroatoms. The van der Waals surface area contributed by atoms with Gasteiger partial charge in [-0.1, -0.05) is 42.0 Å². The molecule has 3 aromatic rings. The van der Waals surface area contributed by atoms with Crippen LogP contribution in [0.1, 0.15) is 28.3 Å². The van der Waals surface area contributed by atoms with Gasteiger partial charge < -0.3 is 10.4 Å². The topological polar surface area (TPSA) is 50.1 Å². The maximum absolute atomic E-state index is 10.5. The van der Waals surface area contributed by atoms with E-state index in [0.29, 0.717) is 6.54 Å². The van der Waals surface area contributed by atoms with Crippen LogP contribution in [0.25, 0.3) is 11.3 Å². The molecule has 1 aromatic heterocycles. The average Bonchev–Trinajstić information content (AvgIpc) is 3.16. The van der Waals surface area contributed by atoms with Gasteiger partial charge in [-0.25, -0.2) is 0 Å². The van der Waals surface area contributed by atoms with Gasteiger partial charge in [0.1, 0.15) is 0 Å². The van der Waals surface area contributed by atoms with Crippen LogP contribution in [0.5, 0.6) is 0 Å². The Labute approximate surface area is 148 Å². The van der Waals surface area contributed by atoms with Crippen molar-refractivity contribution < 1.29 is 5.11 Å². The molecule has 1 aliphatic carbocycles. The molecule has 4 nitrogen and oxygen atoms in total. The maximum atomic E-state index is 10.5. The van der Waals surface area contributed by atoms with Crippen molar-refractivity contribution >= 4 is 0 Å². The van der Waals surface area contributed by atoms with E-state index in [1.54, 1.807) is 0 Å². The van der Waals surface area contributed by atoms with Crippen LogP contribution in [-0.4, -0.2) is 21.0 Å². The van der Waals surface area contributed by atoms with Crippen molar-refractivity contribution in [1.29, 1.82) is 0 Å². The van der Waals surface area contributed by atoms with E-state index in [4.69, 9.17) is 0 Å². The molecule has 4 rings (SSSR count). The first-order valence-corrected chi connectivity index (χ1v) is 8.70. The number of fused-ring (bicyclic) bond motifs is 1. The van der Waals surface area contributed by atoms with Crippen molar-refractivity contribution in [2.75, 3.05) is 0 Å². The fraction of sp³-hybridized carbons (Fsp3) is 0.286. The van der Waals surface area contributed by atoms with Gasteiger partial charge in [0.25, 0.3) is 0 Å². The predicted octanol–water partition coefficient (Wildman–Crippen LogP) is 3.14. The quantitative estimate of drug-likeness (QED) is 0.771. The van der Waals surface area contributed by atoms with Crippen LogP contribution in [0.4, 0.5) is 0 Å². The first-order chi connectivity index (χ1) is 12.1. The highest BCUT2D eigenvalue weighted by Crippen LogP contribution is 2.32. The fourth-order valence-electron chi connectivity index (χ4n) is 3.76. The summed E-state index contributed by atoms with van der Waals surface area (Å²) in [6, 6.07) is 16.8. The molecule has 0 amide bonds. The first-order valence-electron chi connectivity index (χ1n) is 8.70. The van der Waals surface area contributed by atoms with Crippen molar-refractivity contribution in [1.82, 2.24) is 15.1 Å². The number of rotatable bonds is 4. The lowest BCUT2D eigenvalue weighted by Gasteiger charge is -2.19. The van der Waals surface area contributed by atoms with Crippen LogP contribution in [0, 0.1) is 6.92 Å². The molecule has 0 saturated carbocycles. The van der Waals surface area contributed by atoms with Gasteiger partial charge in [-0.05, 0) is 35.7 Å². The summed E-state index contributed by atoms with van der Waals surface area (Å²) in [6.45, 7) is 2.81. The molecule has 2 aromatic carbocycles. The molecule has 2 N–H and O–H groups in total. The molecule has 2 atom stereocenters. The van der Waals surface area contributed by atoms with Crippen molar-refractivity contribution in [2.24, 2.45) is 7.05 Å². The Morgan fingerprint density at radius 3 is 2.84 bits per heavy atom. The SMILES string of the molecule is Cc1ccc(CN[C@@H]2c3ccccc3C[C@@H]2O)c(-c2ccnn2C)c1. The first kappa shape index (κ1) is 16.1. The molecule has 0 fully saturated rings. The zero-order valence-electron chi connectivity index (χ0n) is 14.6. The molecule has 128 valence electrons. The molecule has 0 saturated heterocycles. The summed E-state index contributed by atoms with van der Waals surface area (Å²) >= 11 is 0. The summed E-state index contributed by atoms with van der Waals surface area (Å²) in [7, 11) is 1.96. The van der Waals surface area contributed by atoms with Gasteiger partial charge in [0, 0.05) is 31.8 Å². The number of hydrogen-bond donors (Lipinski definition) is 2. The third-order valence-electron chi connectivity index (χ3n) is 5.08. The Kier molecular flexibility index (Phi) is 4.15. The number of aromatic nitrogens is 2. The van der Waals surface area contributed by atoms with E-state index in [0.717, 1.165) is 12.1 Å². The minimum Gasteiger partial charge on any atom is -0.391 e. The molecule has 1 aliphatic rings. The lowest BCUT2D eigenvalue weighted by molar-refractivity contribution is 0.140. The molecule has 25 heavy (non-hydrogen) atoms. The van der Waals surface area contributed by atoms with E-state index in [9.17, 15) is 5.11 Å². The highest BCUT2D eigenvalue weighted by Gasteiger charge is 2.30. The van der Waals surface area contributed by atoms with Crippen LogP contribution < -0.4 is 5.32 Å². The maximum Gasteiger partial charge on any atom is 0.0775 e. The number of nitrogens with zero attached hydrogens (tertiary/aromatic N) is 2. The Balaban J connectivity index is 1.61. The van der Waals surface area contributed by atoms with Gasteiger partial charge in [-0.2, -0.15) is 5.10 Å². The third-order valence-corrected chi connectivity index (χ3v) is 5.08. The smallest absolute Gasteiger partial charge is 0.0775 e. The van der Waals surface area contributed by atoms with Crippen molar-refractivity contribution in [3.8, 4) is 11.3 Å².